The summed E-state index contributed by atoms with van der Waals surface area (Å²) in [7, 11) is 0.913. The minimum Gasteiger partial charge on any atom is -0.474 e. The van der Waals surface area contributed by atoms with E-state index >= 15 is 0 Å². The molecule has 0 amide bonds. The van der Waals surface area contributed by atoms with Gasteiger partial charge in [0.15, 0.2) is 0 Å². The number of hydrogen-bond donors (Lipinski definition) is 0. The molecule has 0 radical (unpaired) electrons. The summed E-state index contributed by atoms with van der Waals surface area (Å²) in [4.78, 5) is 0. The summed E-state index contributed by atoms with van der Waals surface area (Å²) in [5, 5.41) is 0. The van der Waals surface area contributed by atoms with Gasteiger partial charge < -0.3 is 4.74 Å². The highest BCUT2D eigenvalue weighted by molar-refractivity contribution is 5.15. The number of allylic oxidation sites excluding steroid dienone is 1. The zero-order chi connectivity index (χ0) is 10.8. The molecule has 0 unspecified atom stereocenters. The SMILES string of the molecule is CO/C(F)=C(/C1CCCC1)C(F)(F)F. The van der Waals surface area contributed by atoms with E-state index in [1.807, 2.05) is 0 Å². The molecule has 0 aromatic heterocycles. The van der Waals surface area contributed by atoms with Gasteiger partial charge in [-0.15, -0.1) is 0 Å². The lowest BCUT2D eigenvalue weighted by atomic mass is 9.98. The monoisotopic (exact) mass is 212 g/mol. The van der Waals surface area contributed by atoms with E-state index in [1.54, 1.807) is 0 Å². The third-order valence-electron chi connectivity index (χ3n) is 2.46. The van der Waals surface area contributed by atoms with Crippen molar-refractivity contribution >= 4 is 0 Å². The molecule has 1 rings (SSSR count). The van der Waals surface area contributed by atoms with Crippen molar-refractivity contribution in [1.82, 2.24) is 0 Å². The summed E-state index contributed by atoms with van der Waals surface area (Å²) in [5.74, 6) is -0.727. The standard InChI is InChI=1S/C9H12F4O/c1-14-8(10)7(9(11,12)13)6-4-2-3-5-6/h6H,2-5H2,1H3/b8-7-. The van der Waals surface area contributed by atoms with E-state index in [4.69, 9.17) is 0 Å². The smallest absolute Gasteiger partial charge is 0.418 e. The van der Waals surface area contributed by atoms with Crippen molar-refractivity contribution in [2.24, 2.45) is 5.92 Å². The van der Waals surface area contributed by atoms with Crippen LogP contribution in [0.25, 0.3) is 0 Å². The first-order valence-corrected chi connectivity index (χ1v) is 4.47. The van der Waals surface area contributed by atoms with Gasteiger partial charge in [0, 0.05) is 0 Å². The molecule has 5 heteroatoms. The van der Waals surface area contributed by atoms with Crippen LogP contribution in [-0.4, -0.2) is 13.3 Å². The maximum absolute atomic E-state index is 12.9. The quantitative estimate of drug-likeness (QED) is 0.502. The van der Waals surface area contributed by atoms with Gasteiger partial charge in [0.05, 0.1) is 7.11 Å². The minimum absolute atomic E-state index is 0.394. The van der Waals surface area contributed by atoms with Gasteiger partial charge in [-0.25, -0.2) is 0 Å². The fourth-order valence-corrected chi connectivity index (χ4v) is 1.83. The van der Waals surface area contributed by atoms with E-state index in [0.717, 1.165) is 20.0 Å². The molecule has 0 bridgehead atoms. The zero-order valence-corrected chi connectivity index (χ0v) is 7.83. The topological polar surface area (TPSA) is 9.23 Å². The molecular formula is C9H12F4O. The lowest BCUT2D eigenvalue weighted by Gasteiger charge is -2.17. The summed E-state index contributed by atoms with van der Waals surface area (Å²) >= 11 is 0. The van der Waals surface area contributed by atoms with Crippen molar-refractivity contribution in [2.45, 2.75) is 31.9 Å². The van der Waals surface area contributed by atoms with Crippen LogP contribution in [0.15, 0.2) is 11.6 Å². The van der Waals surface area contributed by atoms with Crippen LogP contribution in [0.2, 0.25) is 0 Å². The first kappa shape index (κ1) is 11.3. The Kier molecular flexibility index (Phi) is 3.39. The van der Waals surface area contributed by atoms with E-state index in [-0.39, 0.29) is 0 Å². The molecule has 0 saturated heterocycles. The summed E-state index contributed by atoms with van der Waals surface area (Å²) in [6.07, 6.45) is -2.38. The molecule has 0 aromatic rings. The predicted octanol–water partition coefficient (Wildman–Crippen LogP) is 3.57. The largest absolute Gasteiger partial charge is 0.474 e. The summed E-state index contributed by atoms with van der Waals surface area (Å²) in [6.45, 7) is 0. The summed E-state index contributed by atoms with van der Waals surface area (Å²) in [6, 6.07) is -1.48. The van der Waals surface area contributed by atoms with Crippen LogP contribution in [0.1, 0.15) is 25.7 Å². The average Bonchev–Trinajstić information content (AvgIpc) is 2.54. The molecule has 1 nitrogen and oxygen atoms in total. The first-order chi connectivity index (χ1) is 6.46. The van der Waals surface area contributed by atoms with Gasteiger partial charge >= 0.3 is 6.18 Å². The second-order valence-corrected chi connectivity index (χ2v) is 3.37. The van der Waals surface area contributed by atoms with Crippen molar-refractivity contribution in [1.29, 1.82) is 0 Å². The Morgan fingerprint density at radius 3 is 2.07 bits per heavy atom. The van der Waals surface area contributed by atoms with E-state index in [1.165, 1.54) is 0 Å². The molecule has 0 spiro atoms. The molecule has 14 heavy (non-hydrogen) atoms. The van der Waals surface area contributed by atoms with Crippen molar-refractivity contribution in [3.8, 4) is 0 Å². The van der Waals surface area contributed by atoms with Gasteiger partial charge in [-0.05, 0) is 18.8 Å². The van der Waals surface area contributed by atoms with E-state index < -0.39 is 23.7 Å². The second kappa shape index (κ2) is 4.19. The number of halogens is 4. The van der Waals surface area contributed by atoms with Crippen LogP contribution < -0.4 is 0 Å². The Morgan fingerprint density at radius 1 is 1.21 bits per heavy atom. The van der Waals surface area contributed by atoms with Crippen LogP contribution in [0, 0.1) is 5.92 Å². The summed E-state index contributed by atoms with van der Waals surface area (Å²) in [5.41, 5.74) is -1.13. The summed E-state index contributed by atoms with van der Waals surface area (Å²) < 4.78 is 54.2. The van der Waals surface area contributed by atoms with Gasteiger partial charge in [0.2, 0.25) is 0 Å². The zero-order valence-electron chi connectivity index (χ0n) is 7.83. The number of alkyl halides is 3. The highest BCUT2D eigenvalue weighted by Crippen LogP contribution is 2.42. The molecule has 0 heterocycles. The Hall–Kier alpha value is -0.740. The van der Waals surface area contributed by atoms with Crippen molar-refractivity contribution in [3.05, 3.63) is 11.6 Å². The highest BCUT2D eigenvalue weighted by Gasteiger charge is 2.43. The van der Waals surface area contributed by atoms with Crippen LogP contribution in [0.5, 0.6) is 0 Å². The predicted molar refractivity (Wildman–Crippen MR) is 43.2 cm³/mol. The van der Waals surface area contributed by atoms with Crippen molar-refractivity contribution < 1.29 is 22.3 Å². The molecule has 1 aliphatic carbocycles. The second-order valence-electron chi connectivity index (χ2n) is 3.37. The number of methoxy groups -OCH3 is 1. The third-order valence-corrected chi connectivity index (χ3v) is 2.46. The molecule has 0 aromatic carbocycles. The number of hydrogen-bond acceptors (Lipinski definition) is 1. The molecule has 0 N–H and O–H groups in total. The van der Waals surface area contributed by atoms with Gasteiger partial charge in [0.25, 0.3) is 6.01 Å². The minimum atomic E-state index is -4.62. The number of rotatable bonds is 2. The van der Waals surface area contributed by atoms with Gasteiger partial charge in [-0.3, -0.25) is 0 Å². The van der Waals surface area contributed by atoms with Gasteiger partial charge in [-0.2, -0.15) is 17.6 Å². The van der Waals surface area contributed by atoms with Gasteiger partial charge in [-0.1, -0.05) is 12.8 Å². The molecule has 1 saturated carbocycles. The molecular weight excluding hydrogens is 200 g/mol. The van der Waals surface area contributed by atoms with Crippen LogP contribution in [-0.2, 0) is 4.74 Å². The molecule has 0 aliphatic heterocycles. The Balaban J connectivity index is 2.93. The highest BCUT2D eigenvalue weighted by atomic mass is 19.4. The van der Waals surface area contributed by atoms with Crippen molar-refractivity contribution in [2.75, 3.05) is 7.11 Å². The van der Waals surface area contributed by atoms with Gasteiger partial charge in [0.1, 0.15) is 5.57 Å². The van der Waals surface area contributed by atoms with Crippen LogP contribution in [0.4, 0.5) is 17.6 Å². The molecule has 1 aliphatic rings. The molecule has 82 valence electrons. The third kappa shape index (κ3) is 2.39. The van der Waals surface area contributed by atoms with Crippen LogP contribution >= 0.6 is 0 Å². The van der Waals surface area contributed by atoms with E-state index in [0.29, 0.717) is 12.8 Å². The Bertz CT molecular complexity index is 225. The molecule has 1 fully saturated rings. The Morgan fingerprint density at radius 2 is 1.71 bits per heavy atom. The number of ether oxygens (including phenoxy) is 1. The maximum atomic E-state index is 12.9. The van der Waals surface area contributed by atoms with Crippen LogP contribution in [0.3, 0.4) is 0 Å². The van der Waals surface area contributed by atoms with E-state index in [2.05, 4.69) is 4.74 Å². The average molecular weight is 212 g/mol. The lowest BCUT2D eigenvalue weighted by molar-refractivity contribution is -0.105. The Labute approximate surface area is 79.7 Å². The first-order valence-electron chi connectivity index (χ1n) is 4.47. The lowest BCUT2D eigenvalue weighted by Crippen LogP contribution is -2.20. The fraction of sp³-hybridized carbons (Fsp3) is 0.778. The van der Waals surface area contributed by atoms with E-state index in [9.17, 15) is 17.6 Å². The maximum Gasteiger partial charge on any atom is 0.418 e. The molecule has 0 atom stereocenters. The normalized spacial score (nSPS) is 20.9. The fourth-order valence-electron chi connectivity index (χ4n) is 1.83. The van der Waals surface area contributed by atoms with Crippen molar-refractivity contribution in [3.63, 3.8) is 0 Å².